The summed E-state index contributed by atoms with van der Waals surface area (Å²) in [7, 11) is 0. The molecule has 178 valence electrons. The number of fused-ring (bicyclic) bond motifs is 4. The van der Waals surface area contributed by atoms with E-state index in [0.717, 1.165) is 30.6 Å². The molecule has 34 heavy (non-hydrogen) atoms. The molecule has 1 aliphatic heterocycles. The van der Waals surface area contributed by atoms with Crippen molar-refractivity contribution in [2.45, 2.75) is 110 Å². The summed E-state index contributed by atoms with van der Waals surface area (Å²) in [6, 6.07) is 11.9. The number of benzene rings is 2. The zero-order valence-corrected chi connectivity index (χ0v) is 22.6. The molecule has 2 aromatic carbocycles. The third-order valence-electron chi connectivity index (χ3n) is 9.13. The molecule has 4 aromatic rings. The van der Waals surface area contributed by atoms with Crippen molar-refractivity contribution in [3.63, 3.8) is 0 Å². The Morgan fingerprint density at radius 3 is 2.24 bits per heavy atom. The summed E-state index contributed by atoms with van der Waals surface area (Å²) in [6.07, 6.45) is 4.51. The molecule has 0 radical (unpaired) electrons. The van der Waals surface area contributed by atoms with Crippen molar-refractivity contribution in [2.24, 2.45) is 0 Å². The summed E-state index contributed by atoms with van der Waals surface area (Å²) in [4.78, 5) is 5.34. The lowest BCUT2D eigenvalue weighted by molar-refractivity contribution is -0.721. The average molecular weight is 455 g/mol. The van der Waals surface area contributed by atoms with E-state index in [2.05, 4.69) is 102 Å². The van der Waals surface area contributed by atoms with E-state index in [1.54, 1.807) is 0 Å². The smallest absolute Gasteiger partial charge is 0.217 e. The standard InChI is InChI=1S/C31H40N3/c1-10-31(11-2)17-19-13-12-14-22-25(19)26-33(27(32-22)28(3,4)5)23-15-20-21(16-24(23)34(26)31)30(8,9)18-29(20,6)7/h12-16H,10-11,17-18H2,1-9H3/q+1. The predicted molar refractivity (Wildman–Crippen MR) is 142 cm³/mol. The van der Waals surface area contributed by atoms with Crippen LogP contribution < -0.4 is 4.57 Å². The van der Waals surface area contributed by atoms with Crippen LogP contribution in [0.1, 0.15) is 104 Å². The van der Waals surface area contributed by atoms with Crippen LogP contribution in [0.3, 0.4) is 0 Å². The van der Waals surface area contributed by atoms with Crippen molar-refractivity contribution >= 4 is 27.6 Å². The van der Waals surface area contributed by atoms with Crippen molar-refractivity contribution < 1.29 is 4.57 Å². The molecule has 0 spiro atoms. The number of nitrogens with zero attached hydrogens (tertiary/aromatic N) is 3. The summed E-state index contributed by atoms with van der Waals surface area (Å²) in [5, 5.41) is 1.35. The van der Waals surface area contributed by atoms with Gasteiger partial charge in [0.25, 0.3) is 5.65 Å². The summed E-state index contributed by atoms with van der Waals surface area (Å²) in [5.74, 6) is 1.16. The van der Waals surface area contributed by atoms with Crippen LogP contribution in [-0.2, 0) is 28.2 Å². The largest absolute Gasteiger partial charge is 0.299 e. The number of hydrogen-bond acceptors (Lipinski definition) is 1. The van der Waals surface area contributed by atoms with Crippen molar-refractivity contribution in [3.8, 4) is 0 Å². The highest BCUT2D eigenvalue weighted by Gasteiger charge is 2.48. The minimum Gasteiger partial charge on any atom is -0.217 e. The summed E-state index contributed by atoms with van der Waals surface area (Å²) >= 11 is 0. The van der Waals surface area contributed by atoms with Crippen LogP contribution in [0.2, 0.25) is 0 Å². The first-order chi connectivity index (χ1) is 15.8. The second kappa shape index (κ2) is 6.42. The molecular weight excluding hydrogens is 414 g/mol. The monoisotopic (exact) mass is 454 g/mol. The topological polar surface area (TPSA) is 21.2 Å². The zero-order chi connectivity index (χ0) is 24.4. The number of aromatic nitrogens is 3. The normalized spacial score (nSPS) is 20.0. The van der Waals surface area contributed by atoms with E-state index >= 15 is 0 Å². The van der Waals surface area contributed by atoms with Crippen molar-refractivity contribution in [1.29, 1.82) is 0 Å². The predicted octanol–water partition coefficient (Wildman–Crippen LogP) is 7.26. The fourth-order valence-electron chi connectivity index (χ4n) is 7.60. The fourth-order valence-corrected chi connectivity index (χ4v) is 7.60. The van der Waals surface area contributed by atoms with Crippen LogP contribution in [0, 0.1) is 0 Å². The second-order valence-electron chi connectivity index (χ2n) is 13.4. The molecule has 0 fully saturated rings. The molecule has 2 aliphatic rings. The Morgan fingerprint density at radius 1 is 0.971 bits per heavy atom. The molecule has 0 unspecified atom stereocenters. The maximum Gasteiger partial charge on any atom is 0.299 e. The average Bonchev–Trinajstić information content (AvgIpc) is 3.19. The van der Waals surface area contributed by atoms with Gasteiger partial charge in [0.15, 0.2) is 11.0 Å². The van der Waals surface area contributed by atoms with Crippen molar-refractivity contribution in [2.75, 3.05) is 0 Å². The van der Waals surface area contributed by atoms with Gasteiger partial charge in [0.1, 0.15) is 5.54 Å². The van der Waals surface area contributed by atoms with Gasteiger partial charge >= 0.3 is 0 Å². The SMILES string of the molecule is CCC1(CC)Cc2cccc3nc(C(C)(C)C)n4c5cc6c(cc5[n+]1c4c23)C(C)(C)CC6(C)C. The van der Waals surface area contributed by atoms with Gasteiger partial charge in [0.2, 0.25) is 5.82 Å². The molecular formula is C31H40N3+. The number of hydrogen-bond donors (Lipinski definition) is 0. The lowest BCUT2D eigenvalue weighted by Gasteiger charge is -2.33. The molecule has 0 saturated heterocycles. The Hall–Kier alpha value is -2.42. The van der Waals surface area contributed by atoms with E-state index in [4.69, 9.17) is 4.98 Å². The first-order valence-corrected chi connectivity index (χ1v) is 13.2. The molecule has 1 aliphatic carbocycles. The third-order valence-corrected chi connectivity index (χ3v) is 9.13. The molecule has 3 heterocycles. The highest BCUT2D eigenvalue weighted by atomic mass is 15.2. The Morgan fingerprint density at radius 2 is 1.62 bits per heavy atom. The van der Waals surface area contributed by atoms with E-state index in [-0.39, 0.29) is 21.8 Å². The second-order valence-corrected chi connectivity index (χ2v) is 13.4. The first kappa shape index (κ1) is 22.1. The van der Waals surface area contributed by atoms with Gasteiger partial charge in [0.05, 0.1) is 10.9 Å². The Bertz CT molecular complexity index is 1500. The lowest BCUT2D eigenvalue weighted by atomic mass is 9.81. The van der Waals surface area contributed by atoms with Crippen molar-refractivity contribution in [1.82, 2.24) is 9.38 Å². The summed E-state index contributed by atoms with van der Waals surface area (Å²) in [6.45, 7) is 21.4. The van der Waals surface area contributed by atoms with Gasteiger partial charge < -0.3 is 0 Å². The van der Waals surface area contributed by atoms with Gasteiger partial charge in [-0.15, -0.1) is 0 Å². The molecule has 6 rings (SSSR count). The van der Waals surface area contributed by atoms with Crippen LogP contribution in [-0.4, -0.2) is 9.38 Å². The Balaban J connectivity index is 1.94. The molecule has 3 nitrogen and oxygen atoms in total. The summed E-state index contributed by atoms with van der Waals surface area (Å²) < 4.78 is 5.29. The van der Waals surface area contributed by atoms with Gasteiger partial charge in [-0.05, 0) is 65.0 Å². The first-order valence-electron chi connectivity index (χ1n) is 13.2. The summed E-state index contributed by atoms with van der Waals surface area (Å²) in [5.41, 5.74) is 10.1. The van der Waals surface area contributed by atoms with E-state index in [9.17, 15) is 0 Å². The molecule has 0 atom stereocenters. The van der Waals surface area contributed by atoms with Crippen LogP contribution in [0.4, 0.5) is 0 Å². The van der Waals surface area contributed by atoms with Gasteiger partial charge in [-0.2, -0.15) is 4.40 Å². The van der Waals surface area contributed by atoms with Crippen LogP contribution >= 0.6 is 0 Å². The Kier molecular flexibility index (Phi) is 4.16. The number of rotatable bonds is 2. The minimum atomic E-state index is -0.0691. The highest BCUT2D eigenvalue weighted by molar-refractivity contribution is 5.97. The lowest BCUT2D eigenvalue weighted by Crippen LogP contribution is -2.58. The third kappa shape index (κ3) is 2.59. The van der Waals surface area contributed by atoms with Gasteiger partial charge in [-0.1, -0.05) is 74.4 Å². The highest BCUT2D eigenvalue weighted by Crippen LogP contribution is 2.51. The van der Waals surface area contributed by atoms with E-state index in [0.29, 0.717) is 0 Å². The van der Waals surface area contributed by atoms with E-state index < -0.39 is 0 Å². The molecule has 0 saturated carbocycles. The quantitative estimate of drug-likeness (QED) is 0.292. The number of imidazole rings is 1. The van der Waals surface area contributed by atoms with E-state index in [1.165, 1.54) is 45.2 Å². The minimum absolute atomic E-state index is 0.0691. The van der Waals surface area contributed by atoms with Gasteiger partial charge in [0, 0.05) is 11.8 Å². The Labute approximate surface area is 204 Å². The van der Waals surface area contributed by atoms with Crippen LogP contribution in [0.15, 0.2) is 30.3 Å². The van der Waals surface area contributed by atoms with Gasteiger partial charge in [-0.25, -0.2) is 9.55 Å². The van der Waals surface area contributed by atoms with Gasteiger partial charge in [-0.3, -0.25) is 0 Å². The maximum atomic E-state index is 5.34. The van der Waals surface area contributed by atoms with Crippen molar-refractivity contribution in [3.05, 3.63) is 52.8 Å². The van der Waals surface area contributed by atoms with Crippen LogP contribution in [0.25, 0.3) is 27.6 Å². The fraction of sp³-hybridized carbons (Fsp3) is 0.548. The molecule has 3 heteroatoms. The molecule has 0 N–H and O–H groups in total. The molecule has 0 amide bonds. The molecule has 2 aromatic heterocycles. The molecule has 0 bridgehead atoms. The van der Waals surface area contributed by atoms with Crippen LogP contribution in [0.5, 0.6) is 0 Å². The van der Waals surface area contributed by atoms with E-state index in [1.807, 2.05) is 0 Å². The zero-order valence-electron chi connectivity index (χ0n) is 22.6. The maximum absolute atomic E-state index is 5.34.